The minimum Gasteiger partial charge on any atom is -0.143 e. The number of fused-ring (bicyclic) bond motifs is 2. The SMILES string of the molecule is Cc1ccc(-c2ccc3c(C)c4cc(-c5ccc(-c6cc(C)cs6)s5)ccc4c(C)c3c2)cc1. The molecule has 0 saturated carbocycles. The summed E-state index contributed by atoms with van der Waals surface area (Å²) in [5.74, 6) is 0. The Kier molecular flexibility index (Phi) is 5.17. The normalized spacial score (nSPS) is 11.5. The lowest BCUT2D eigenvalue weighted by atomic mass is 9.90. The Balaban J connectivity index is 1.47. The first-order chi connectivity index (χ1) is 16.5. The third-order valence-electron chi connectivity index (χ3n) is 6.90. The summed E-state index contributed by atoms with van der Waals surface area (Å²) < 4.78 is 0. The van der Waals surface area contributed by atoms with Gasteiger partial charge in [0.15, 0.2) is 0 Å². The van der Waals surface area contributed by atoms with Crippen molar-refractivity contribution in [1.29, 1.82) is 0 Å². The highest BCUT2D eigenvalue weighted by Gasteiger charge is 2.13. The molecule has 0 aliphatic rings. The van der Waals surface area contributed by atoms with E-state index < -0.39 is 0 Å². The molecule has 0 aliphatic heterocycles. The van der Waals surface area contributed by atoms with Gasteiger partial charge in [-0.05, 0) is 118 Å². The molecule has 6 rings (SSSR count). The van der Waals surface area contributed by atoms with Crippen LogP contribution < -0.4 is 0 Å². The van der Waals surface area contributed by atoms with Gasteiger partial charge in [0.1, 0.15) is 0 Å². The van der Waals surface area contributed by atoms with Crippen LogP contribution in [0.15, 0.2) is 84.2 Å². The molecule has 0 unspecified atom stereocenters. The van der Waals surface area contributed by atoms with Crippen LogP contribution >= 0.6 is 22.7 Å². The van der Waals surface area contributed by atoms with E-state index in [1.807, 2.05) is 22.7 Å². The maximum atomic E-state index is 2.39. The summed E-state index contributed by atoms with van der Waals surface area (Å²) in [7, 11) is 0. The van der Waals surface area contributed by atoms with Crippen LogP contribution in [0.1, 0.15) is 22.3 Å². The van der Waals surface area contributed by atoms with E-state index >= 15 is 0 Å². The molecule has 2 heterocycles. The van der Waals surface area contributed by atoms with Crippen molar-refractivity contribution < 1.29 is 0 Å². The van der Waals surface area contributed by atoms with Gasteiger partial charge in [-0.2, -0.15) is 0 Å². The summed E-state index contributed by atoms with van der Waals surface area (Å²) in [6.45, 7) is 8.84. The second kappa shape index (κ2) is 8.23. The smallest absolute Gasteiger partial charge is 0.0449 e. The van der Waals surface area contributed by atoms with Crippen LogP contribution in [0.4, 0.5) is 0 Å². The fraction of sp³-hybridized carbons (Fsp3) is 0.125. The van der Waals surface area contributed by atoms with E-state index in [9.17, 15) is 0 Å². The topological polar surface area (TPSA) is 0 Å². The summed E-state index contributed by atoms with van der Waals surface area (Å²) in [5, 5.41) is 7.63. The first-order valence-electron chi connectivity index (χ1n) is 11.7. The first-order valence-corrected chi connectivity index (χ1v) is 13.4. The summed E-state index contributed by atoms with van der Waals surface area (Å²) in [6, 6.07) is 29.6. The Morgan fingerprint density at radius 2 is 1.03 bits per heavy atom. The van der Waals surface area contributed by atoms with E-state index in [1.54, 1.807) is 0 Å². The Bertz CT molecular complexity index is 1680. The minimum atomic E-state index is 1.27. The second-order valence-electron chi connectivity index (χ2n) is 9.29. The van der Waals surface area contributed by atoms with Crippen LogP contribution in [0.2, 0.25) is 0 Å². The van der Waals surface area contributed by atoms with Gasteiger partial charge in [0, 0.05) is 14.6 Å². The number of rotatable bonds is 3. The molecule has 2 aromatic heterocycles. The van der Waals surface area contributed by atoms with Gasteiger partial charge in [0.2, 0.25) is 0 Å². The van der Waals surface area contributed by atoms with E-state index in [2.05, 4.69) is 112 Å². The van der Waals surface area contributed by atoms with E-state index in [1.165, 1.54) is 75.1 Å². The fourth-order valence-electron chi connectivity index (χ4n) is 4.92. The van der Waals surface area contributed by atoms with Gasteiger partial charge in [-0.25, -0.2) is 0 Å². The molecule has 0 N–H and O–H groups in total. The average Bonchev–Trinajstić information content (AvgIpc) is 3.52. The molecule has 4 aromatic carbocycles. The monoisotopic (exact) mass is 474 g/mol. The molecule has 0 saturated heterocycles. The van der Waals surface area contributed by atoms with Crippen molar-refractivity contribution in [3.05, 3.63) is 106 Å². The Morgan fingerprint density at radius 1 is 0.441 bits per heavy atom. The van der Waals surface area contributed by atoms with Crippen molar-refractivity contribution in [1.82, 2.24) is 0 Å². The number of benzene rings is 4. The maximum Gasteiger partial charge on any atom is 0.0449 e. The molecule has 166 valence electrons. The molecule has 0 aliphatic carbocycles. The van der Waals surface area contributed by atoms with Gasteiger partial charge < -0.3 is 0 Å². The lowest BCUT2D eigenvalue weighted by molar-refractivity contribution is 1.47. The zero-order chi connectivity index (χ0) is 23.4. The predicted molar refractivity (Wildman–Crippen MR) is 152 cm³/mol. The molecular formula is C32H26S2. The second-order valence-corrected chi connectivity index (χ2v) is 11.3. The molecule has 0 fully saturated rings. The number of aryl methyl sites for hydroxylation is 4. The molecule has 0 bridgehead atoms. The first kappa shape index (κ1) is 21.3. The van der Waals surface area contributed by atoms with E-state index in [0.29, 0.717) is 0 Å². The molecule has 34 heavy (non-hydrogen) atoms. The Hall–Kier alpha value is -3.20. The van der Waals surface area contributed by atoms with E-state index in [-0.39, 0.29) is 0 Å². The van der Waals surface area contributed by atoms with Gasteiger partial charge in [-0.15, -0.1) is 22.7 Å². The fourth-order valence-corrected chi connectivity index (χ4v) is 6.92. The Labute approximate surface area is 209 Å². The van der Waals surface area contributed by atoms with Crippen LogP contribution in [-0.4, -0.2) is 0 Å². The van der Waals surface area contributed by atoms with Gasteiger partial charge in [0.25, 0.3) is 0 Å². The van der Waals surface area contributed by atoms with Gasteiger partial charge in [-0.3, -0.25) is 0 Å². The van der Waals surface area contributed by atoms with Crippen LogP contribution in [0, 0.1) is 27.7 Å². The minimum absolute atomic E-state index is 1.27. The van der Waals surface area contributed by atoms with Crippen molar-refractivity contribution >= 4 is 44.2 Å². The van der Waals surface area contributed by atoms with Crippen LogP contribution in [0.3, 0.4) is 0 Å². The zero-order valence-corrected chi connectivity index (χ0v) is 21.5. The van der Waals surface area contributed by atoms with Gasteiger partial charge >= 0.3 is 0 Å². The van der Waals surface area contributed by atoms with Crippen LogP contribution in [-0.2, 0) is 0 Å². The largest absolute Gasteiger partial charge is 0.143 e. The predicted octanol–water partition coefficient (Wildman–Crippen LogP) is 10.4. The maximum absolute atomic E-state index is 2.39. The molecule has 0 radical (unpaired) electrons. The Morgan fingerprint density at radius 3 is 1.68 bits per heavy atom. The summed E-state index contributed by atoms with van der Waals surface area (Å²) in [6.07, 6.45) is 0. The molecule has 0 atom stereocenters. The van der Waals surface area contributed by atoms with Crippen molar-refractivity contribution in [3.8, 4) is 31.3 Å². The highest BCUT2D eigenvalue weighted by atomic mass is 32.1. The number of thiophene rings is 2. The van der Waals surface area contributed by atoms with Crippen LogP contribution in [0.25, 0.3) is 52.9 Å². The van der Waals surface area contributed by atoms with Gasteiger partial charge in [0.05, 0.1) is 0 Å². The summed E-state index contributed by atoms with van der Waals surface area (Å²) in [5.41, 5.74) is 9.20. The average molecular weight is 475 g/mol. The third kappa shape index (κ3) is 3.58. The lowest BCUT2D eigenvalue weighted by Gasteiger charge is -2.15. The molecule has 0 spiro atoms. The molecular weight excluding hydrogens is 448 g/mol. The van der Waals surface area contributed by atoms with Crippen molar-refractivity contribution in [2.24, 2.45) is 0 Å². The number of hydrogen-bond donors (Lipinski definition) is 0. The van der Waals surface area contributed by atoms with E-state index in [4.69, 9.17) is 0 Å². The lowest BCUT2D eigenvalue weighted by Crippen LogP contribution is -1.90. The van der Waals surface area contributed by atoms with Gasteiger partial charge in [-0.1, -0.05) is 54.1 Å². The zero-order valence-electron chi connectivity index (χ0n) is 19.9. The quantitative estimate of drug-likeness (QED) is 0.224. The van der Waals surface area contributed by atoms with Crippen LogP contribution in [0.5, 0.6) is 0 Å². The standard InChI is InChI=1S/C32H26S2/c1-19-5-7-23(8-6-19)24-9-11-26-22(4)29-17-25(10-12-27(29)21(3)28(26)16-24)30-13-14-31(34-30)32-15-20(2)18-33-32/h5-18H,1-4H3. The summed E-state index contributed by atoms with van der Waals surface area (Å²) in [4.78, 5) is 4.04. The van der Waals surface area contributed by atoms with Crippen molar-refractivity contribution in [2.45, 2.75) is 27.7 Å². The molecule has 0 nitrogen and oxygen atoms in total. The molecule has 6 aromatic rings. The summed E-state index contributed by atoms with van der Waals surface area (Å²) >= 11 is 3.72. The van der Waals surface area contributed by atoms with Crippen molar-refractivity contribution in [2.75, 3.05) is 0 Å². The van der Waals surface area contributed by atoms with E-state index in [0.717, 1.165) is 0 Å². The molecule has 2 heteroatoms. The highest BCUT2D eigenvalue weighted by molar-refractivity contribution is 7.23. The van der Waals surface area contributed by atoms with Crippen molar-refractivity contribution in [3.63, 3.8) is 0 Å². The highest BCUT2D eigenvalue weighted by Crippen LogP contribution is 2.40. The third-order valence-corrected chi connectivity index (χ3v) is 9.28. The molecule has 0 amide bonds. The number of hydrogen-bond acceptors (Lipinski definition) is 2.